The summed E-state index contributed by atoms with van der Waals surface area (Å²) in [4.78, 5) is 14.3. The first kappa shape index (κ1) is 6.34. The van der Waals surface area contributed by atoms with E-state index in [2.05, 4.69) is 9.72 Å². The van der Waals surface area contributed by atoms with Crippen LogP contribution in [0.2, 0.25) is 5.02 Å². The molecule has 1 heterocycles. The van der Waals surface area contributed by atoms with Crippen molar-refractivity contribution in [2.24, 2.45) is 0 Å². The lowest BCUT2D eigenvalue weighted by Gasteiger charge is -2.03. The number of carboxylic acid groups (broad SMARTS) is 1. The number of aromatic nitrogens is 1. The van der Waals surface area contributed by atoms with Gasteiger partial charge in [-0.1, -0.05) is 11.6 Å². The van der Waals surface area contributed by atoms with E-state index in [-0.39, 0.29) is 22.9 Å². The summed E-state index contributed by atoms with van der Waals surface area (Å²) in [5.74, 6) is -1.26. The molecule has 5 heteroatoms. The van der Waals surface area contributed by atoms with Crippen LogP contribution >= 0.6 is 11.6 Å². The molecule has 4 nitrogen and oxygen atoms in total. The summed E-state index contributed by atoms with van der Waals surface area (Å²) in [5, 5.41) is 9.00. The van der Waals surface area contributed by atoms with Crippen molar-refractivity contribution in [3.8, 4) is 0 Å². The van der Waals surface area contributed by atoms with E-state index in [1.165, 1.54) is 12.3 Å². The molecule has 1 aromatic rings. The highest BCUT2D eigenvalue weighted by Gasteiger charge is 2.11. The minimum Gasteiger partial charge on any atom is -0.477 e. The molecule has 0 aromatic carbocycles. The van der Waals surface area contributed by atoms with Crippen LogP contribution in [0.25, 0.3) is 0 Å². The zero-order valence-corrected chi connectivity index (χ0v) is 7.21. The quantitative estimate of drug-likeness (QED) is 0.812. The Morgan fingerprint density at radius 1 is 1.92 bits per heavy atom. The van der Waals surface area contributed by atoms with Gasteiger partial charge in [-0.15, -0.1) is 0 Å². The van der Waals surface area contributed by atoms with E-state index in [4.69, 9.17) is 20.8 Å². The Kier molecular flexibility index (Phi) is 2.05. The normalized spacial score (nSPS) is 14.4. The maximum atomic E-state index is 10.8. The third kappa shape index (κ3) is 2.40. The second kappa shape index (κ2) is 4.20. The summed E-state index contributed by atoms with van der Waals surface area (Å²) in [6.07, 6.45) is 1.17. The number of carbonyl (C=O) groups is 1. The second-order valence-electron chi connectivity index (χ2n) is 2.26. The lowest BCUT2D eigenvalue weighted by atomic mass is 10.2. The largest absolute Gasteiger partial charge is 0.477 e. The second-order valence-corrected chi connectivity index (χ2v) is 2.69. The molecular formula is C8H8ClNO3. The molecule has 0 saturated carbocycles. The van der Waals surface area contributed by atoms with Crippen LogP contribution in [0.5, 0.6) is 0 Å². The van der Waals surface area contributed by atoms with Crippen LogP contribution in [0.3, 0.4) is 0 Å². The summed E-state index contributed by atoms with van der Waals surface area (Å²) in [6.45, 7) is -0.383. The van der Waals surface area contributed by atoms with Crippen molar-refractivity contribution in [2.45, 2.75) is 6.61 Å². The number of rotatable bonds is 3. The number of aromatic carboxylic acids is 1. The number of halogens is 1. The van der Waals surface area contributed by atoms with Crippen LogP contribution < -0.4 is 0 Å². The minimum absolute atomic E-state index is 0.121. The maximum absolute atomic E-state index is 10.8. The van der Waals surface area contributed by atoms with Gasteiger partial charge >= 0.3 is 5.97 Å². The summed E-state index contributed by atoms with van der Waals surface area (Å²) < 4.78 is 25.0. The van der Waals surface area contributed by atoms with Gasteiger partial charge in [-0.05, 0) is 6.07 Å². The number of nitrogens with zero attached hydrogens (tertiary/aromatic N) is 1. The number of carboxylic acids is 1. The third-order valence-electron chi connectivity index (χ3n) is 1.36. The van der Waals surface area contributed by atoms with E-state index in [1.54, 1.807) is 0 Å². The third-order valence-corrected chi connectivity index (χ3v) is 1.57. The van der Waals surface area contributed by atoms with Gasteiger partial charge in [0.1, 0.15) is 0 Å². The summed E-state index contributed by atoms with van der Waals surface area (Å²) >= 11 is 5.62. The number of methoxy groups -OCH3 is 1. The molecule has 0 amide bonds. The van der Waals surface area contributed by atoms with Crippen LogP contribution in [-0.4, -0.2) is 23.1 Å². The first-order valence-corrected chi connectivity index (χ1v) is 3.69. The van der Waals surface area contributed by atoms with Gasteiger partial charge in [0.05, 0.1) is 15.7 Å². The van der Waals surface area contributed by atoms with Crippen LogP contribution in [0, 0.1) is 0 Å². The highest BCUT2D eigenvalue weighted by molar-refractivity contribution is 6.30. The van der Waals surface area contributed by atoms with Crippen molar-refractivity contribution in [1.82, 2.24) is 4.98 Å². The Bertz CT molecular complexity index is 408. The number of hydrogen-bond acceptors (Lipinski definition) is 3. The highest BCUT2D eigenvalue weighted by Crippen LogP contribution is 2.14. The molecule has 0 atom stereocenters. The van der Waals surface area contributed by atoms with Gasteiger partial charge in [0.2, 0.25) is 0 Å². The molecule has 0 saturated heterocycles. The van der Waals surface area contributed by atoms with E-state index in [1.807, 2.05) is 0 Å². The van der Waals surface area contributed by atoms with Crippen LogP contribution in [0.15, 0.2) is 12.3 Å². The van der Waals surface area contributed by atoms with Crippen molar-refractivity contribution in [3.63, 3.8) is 0 Å². The van der Waals surface area contributed by atoms with Crippen LogP contribution in [0.1, 0.15) is 20.2 Å². The summed E-state index contributed by atoms with van der Waals surface area (Å²) in [7, 11) is -2.59. The Balaban J connectivity index is 2.93. The van der Waals surface area contributed by atoms with Gasteiger partial charge in [-0.25, -0.2) is 9.78 Å². The fourth-order valence-corrected chi connectivity index (χ4v) is 1.04. The van der Waals surface area contributed by atoms with Gasteiger partial charge in [-0.3, -0.25) is 0 Å². The molecule has 0 bridgehead atoms. The summed E-state index contributed by atoms with van der Waals surface area (Å²) in [6, 6.07) is 1.31. The minimum atomic E-state index is -2.59. The number of hydrogen-bond donors (Lipinski definition) is 1. The van der Waals surface area contributed by atoms with Crippen molar-refractivity contribution in [3.05, 3.63) is 28.5 Å². The Morgan fingerprint density at radius 3 is 3.31 bits per heavy atom. The van der Waals surface area contributed by atoms with E-state index >= 15 is 0 Å². The topological polar surface area (TPSA) is 59.4 Å². The highest BCUT2D eigenvalue weighted by atomic mass is 35.5. The van der Waals surface area contributed by atoms with Gasteiger partial charge in [0.15, 0.2) is 5.69 Å². The zero-order valence-electron chi connectivity index (χ0n) is 9.45. The lowest BCUT2D eigenvalue weighted by molar-refractivity contribution is 0.0685. The van der Waals surface area contributed by atoms with E-state index in [0.29, 0.717) is 0 Å². The SMILES string of the molecule is [2H]C([2H])([2H])OCc1cc(Cl)cnc1C(=O)O. The molecule has 0 aliphatic carbocycles. The molecule has 0 aliphatic heterocycles. The first-order chi connectivity index (χ1) is 7.29. The number of ether oxygens (including phenoxy) is 1. The molecule has 0 spiro atoms. The number of pyridine rings is 1. The molecule has 70 valence electrons. The standard InChI is InChI=1S/C8H8ClNO3/c1-13-4-5-2-6(9)3-10-7(5)8(11)12/h2-3H,4H2,1H3,(H,11,12)/i1D3. The van der Waals surface area contributed by atoms with E-state index < -0.39 is 13.0 Å². The summed E-state index contributed by atoms with van der Waals surface area (Å²) in [5.41, 5.74) is -0.148. The van der Waals surface area contributed by atoms with Crippen molar-refractivity contribution >= 4 is 17.6 Å². The van der Waals surface area contributed by atoms with Gasteiger partial charge < -0.3 is 9.84 Å². The molecular weight excluding hydrogens is 194 g/mol. The van der Waals surface area contributed by atoms with E-state index in [9.17, 15) is 4.79 Å². The molecule has 13 heavy (non-hydrogen) atoms. The monoisotopic (exact) mass is 204 g/mol. The molecule has 1 aromatic heterocycles. The van der Waals surface area contributed by atoms with Crippen molar-refractivity contribution in [2.75, 3.05) is 7.04 Å². The molecule has 1 N–H and O–H groups in total. The average molecular weight is 205 g/mol. The van der Waals surface area contributed by atoms with Crippen molar-refractivity contribution < 1.29 is 18.8 Å². The van der Waals surface area contributed by atoms with Crippen LogP contribution in [0.4, 0.5) is 0 Å². The van der Waals surface area contributed by atoms with Gasteiger partial charge in [0, 0.05) is 18.8 Å². The van der Waals surface area contributed by atoms with Gasteiger partial charge in [0.25, 0.3) is 0 Å². The molecule has 0 unspecified atom stereocenters. The fraction of sp³-hybridized carbons (Fsp3) is 0.250. The molecule has 0 fully saturated rings. The maximum Gasteiger partial charge on any atom is 0.354 e. The molecule has 0 radical (unpaired) electrons. The van der Waals surface area contributed by atoms with Gasteiger partial charge in [-0.2, -0.15) is 0 Å². The van der Waals surface area contributed by atoms with E-state index in [0.717, 1.165) is 0 Å². The predicted octanol–water partition coefficient (Wildman–Crippen LogP) is 1.58. The molecule has 1 rings (SSSR count). The predicted molar refractivity (Wildman–Crippen MR) is 46.9 cm³/mol. The first-order valence-electron chi connectivity index (χ1n) is 4.81. The Morgan fingerprint density at radius 2 is 2.69 bits per heavy atom. The molecule has 0 aliphatic rings. The lowest BCUT2D eigenvalue weighted by Crippen LogP contribution is -2.06. The zero-order chi connectivity index (χ0) is 12.3. The Hall–Kier alpha value is -1.13. The van der Waals surface area contributed by atoms with Crippen LogP contribution in [-0.2, 0) is 11.3 Å². The smallest absolute Gasteiger partial charge is 0.354 e. The Labute approximate surface area is 84.3 Å². The average Bonchev–Trinajstić information content (AvgIpc) is 2.13. The fourth-order valence-electron chi connectivity index (χ4n) is 0.862. The van der Waals surface area contributed by atoms with Crippen molar-refractivity contribution in [1.29, 1.82) is 0 Å².